The van der Waals surface area contributed by atoms with E-state index < -0.39 is 5.97 Å². The Morgan fingerprint density at radius 2 is 2.28 bits per heavy atom. The van der Waals surface area contributed by atoms with E-state index in [-0.39, 0.29) is 17.6 Å². The number of hydrogen-bond acceptors (Lipinski definition) is 3. The van der Waals surface area contributed by atoms with Gasteiger partial charge in [-0.15, -0.1) is 0 Å². The van der Waals surface area contributed by atoms with Crippen LogP contribution >= 0.6 is 11.8 Å². The fourth-order valence-electron chi connectivity index (χ4n) is 1.79. The standard InChI is InChI=1S/C12H13FN2O2S/c1-7(2)15-9-5-3-4-8(13)11(9)14-12(15)18-6-10(16)17/h3-5,7H,6H2,1-2H3,(H,16,17). The fraction of sp³-hybridized carbons (Fsp3) is 0.333. The number of imidazole rings is 1. The first-order valence-corrected chi connectivity index (χ1v) is 6.50. The summed E-state index contributed by atoms with van der Waals surface area (Å²) in [5.74, 6) is -1.38. The topological polar surface area (TPSA) is 55.1 Å². The summed E-state index contributed by atoms with van der Waals surface area (Å²) >= 11 is 1.10. The van der Waals surface area contributed by atoms with Gasteiger partial charge in [-0.25, -0.2) is 9.37 Å². The molecule has 1 aromatic carbocycles. The van der Waals surface area contributed by atoms with Gasteiger partial charge in [0.1, 0.15) is 5.52 Å². The molecule has 18 heavy (non-hydrogen) atoms. The van der Waals surface area contributed by atoms with Crippen LogP contribution in [0.15, 0.2) is 23.4 Å². The second kappa shape index (κ2) is 4.97. The summed E-state index contributed by atoms with van der Waals surface area (Å²) in [6.45, 7) is 3.91. The number of aliphatic carboxylic acids is 1. The maximum Gasteiger partial charge on any atom is 0.313 e. The van der Waals surface area contributed by atoms with Crippen molar-refractivity contribution in [2.45, 2.75) is 25.0 Å². The predicted molar refractivity (Wildman–Crippen MR) is 68.4 cm³/mol. The molecule has 0 atom stereocenters. The lowest BCUT2D eigenvalue weighted by Gasteiger charge is -2.11. The molecule has 4 nitrogen and oxygen atoms in total. The highest BCUT2D eigenvalue weighted by molar-refractivity contribution is 7.99. The largest absolute Gasteiger partial charge is 0.481 e. The van der Waals surface area contributed by atoms with Crippen LogP contribution in [0.4, 0.5) is 4.39 Å². The highest BCUT2D eigenvalue weighted by Gasteiger charge is 2.16. The third kappa shape index (κ3) is 2.33. The summed E-state index contributed by atoms with van der Waals surface area (Å²) in [6, 6.07) is 4.86. The van der Waals surface area contributed by atoms with Crippen LogP contribution in [-0.2, 0) is 4.79 Å². The summed E-state index contributed by atoms with van der Waals surface area (Å²) in [4.78, 5) is 14.8. The molecule has 0 saturated carbocycles. The Balaban J connectivity index is 2.54. The Labute approximate surface area is 108 Å². The number of fused-ring (bicyclic) bond motifs is 1. The van der Waals surface area contributed by atoms with Crippen molar-refractivity contribution in [1.82, 2.24) is 9.55 Å². The van der Waals surface area contributed by atoms with Gasteiger partial charge in [-0.1, -0.05) is 17.8 Å². The maximum atomic E-state index is 13.6. The minimum absolute atomic E-state index is 0.0857. The van der Waals surface area contributed by atoms with Gasteiger partial charge in [-0.2, -0.15) is 0 Å². The normalized spacial score (nSPS) is 11.3. The molecule has 0 bridgehead atoms. The van der Waals surface area contributed by atoms with Gasteiger partial charge >= 0.3 is 5.97 Å². The minimum atomic E-state index is -0.914. The lowest BCUT2D eigenvalue weighted by Crippen LogP contribution is -2.05. The zero-order valence-electron chi connectivity index (χ0n) is 10.1. The molecule has 6 heteroatoms. The van der Waals surface area contributed by atoms with Crippen LogP contribution in [0.3, 0.4) is 0 Å². The van der Waals surface area contributed by atoms with Crippen LogP contribution in [0.5, 0.6) is 0 Å². The van der Waals surface area contributed by atoms with Gasteiger partial charge in [0.2, 0.25) is 0 Å². The average Bonchev–Trinajstić information content (AvgIpc) is 2.66. The number of benzene rings is 1. The van der Waals surface area contributed by atoms with Crippen LogP contribution in [-0.4, -0.2) is 26.4 Å². The number of aromatic nitrogens is 2. The van der Waals surface area contributed by atoms with Gasteiger partial charge in [0.05, 0.1) is 11.3 Å². The van der Waals surface area contributed by atoms with E-state index in [4.69, 9.17) is 5.11 Å². The molecule has 0 unspecified atom stereocenters. The molecular formula is C12H13FN2O2S. The number of thioether (sulfide) groups is 1. The van der Waals surface area contributed by atoms with E-state index in [1.807, 2.05) is 18.4 Å². The smallest absolute Gasteiger partial charge is 0.313 e. The fourth-order valence-corrected chi connectivity index (χ4v) is 2.65. The first-order valence-electron chi connectivity index (χ1n) is 5.51. The van der Waals surface area contributed by atoms with E-state index in [0.717, 1.165) is 11.8 Å². The van der Waals surface area contributed by atoms with Crippen molar-refractivity contribution in [3.8, 4) is 0 Å². The lowest BCUT2D eigenvalue weighted by molar-refractivity contribution is -0.133. The van der Waals surface area contributed by atoms with Crippen LogP contribution in [0.25, 0.3) is 11.0 Å². The molecule has 0 spiro atoms. The number of carbonyl (C=O) groups is 1. The van der Waals surface area contributed by atoms with Gasteiger partial charge in [-0.05, 0) is 26.0 Å². The van der Waals surface area contributed by atoms with Crippen molar-refractivity contribution in [2.24, 2.45) is 0 Å². The second-order valence-electron chi connectivity index (χ2n) is 4.15. The molecule has 0 aliphatic carbocycles. The number of para-hydroxylation sites is 1. The van der Waals surface area contributed by atoms with Crippen molar-refractivity contribution in [2.75, 3.05) is 5.75 Å². The SMILES string of the molecule is CC(C)n1c(SCC(=O)O)nc2c(F)cccc21. The summed E-state index contributed by atoms with van der Waals surface area (Å²) in [5, 5.41) is 9.24. The van der Waals surface area contributed by atoms with Gasteiger partial charge in [0.15, 0.2) is 11.0 Å². The number of hydrogen-bond donors (Lipinski definition) is 1. The van der Waals surface area contributed by atoms with E-state index in [0.29, 0.717) is 16.2 Å². The molecular weight excluding hydrogens is 255 g/mol. The molecule has 1 aromatic heterocycles. The summed E-state index contributed by atoms with van der Waals surface area (Å²) in [5.41, 5.74) is 0.983. The predicted octanol–water partition coefficient (Wildman–Crippen LogP) is 2.93. The first-order chi connectivity index (χ1) is 8.50. The number of carboxylic acid groups (broad SMARTS) is 1. The molecule has 0 fully saturated rings. The van der Waals surface area contributed by atoms with Crippen molar-refractivity contribution in [3.05, 3.63) is 24.0 Å². The van der Waals surface area contributed by atoms with Crippen molar-refractivity contribution in [1.29, 1.82) is 0 Å². The molecule has 0 radical (unpaired) electrons. The molecule has 0 amide bonds. The third-order valence-electron chi connectivity index (χ3n) is 2.48. The Bertz CT molecular complexity index is 595. The average molecular weight is 268 g/mol. The van der Waals surface area contributed by atoms with Crippen LogP contribution < -0.4 is 0 Å². The Morgan fingerprint density at radius 3 is 2.89 bits per heavy atom. The van der Waals surface area contributed by atoms with Gasteiger partial charge < -0.3 is 9.67 Å². The number of rotatable bonds is 4. The van der Waals surface area contributed by atoms with E-state index in [1.165, 1.54) is 6.07 Å². The molecule has 2 aromatic rings. The third-order valence-corrected chi connectivity index (χ3v) is 3.42. The molecule has 1 N–H and O–H groups in total. The first kappa shape index (κ1) is 12.9. The highest BCUT2D eigenvalue weighted by Crippen LogP contribution is 2.28. The Morgan fingerprint density at radius 1 is 1.56 bits per heavy atom. The van der Waals surface area contributed by atoms with Crippen molar-refractivity contribution >= 4 is 28.8 Å². The molecule has 1 heterocycles. The van der Waals surface area contributed by atoms with Gasteiger partial charge in [0, 0.05) is 6.04 Å². The number of halogens is 1. The quantitative estimate of drug-likeness (QED) is 0.866. The van der Waals surface area contributed by atoms with Crippen molar-refractivity contribution < 1.29 is 14.3 Å². The van der Waals surface area contributed by atoms with E-state index in [1.54, 1.807) is 12.1 Å². The molecule has 0 aliphatic rings. The molecule has 0 saturated heterocycles. The molecule has 2 rings (SSSR count). The molecule has 96 valence electrons. The number of carboxylic acids is 1. The Kier molecular flexibility index (Phi) is 3.56. The monoisotopic (exact) mass is 268 g/mol. The zero-order chi connectivity index (χ0) is 13.3. The number of nitrogens with zero attached hydrogens (tertiary/aromatic N) is 2. The summed E-state index contributed by atoms with van der Waals surface area (Å²) in [7, 11) is 0. The Hall–Kier alpha value is -1.56. The van der Waals surface area contributed by atoms with Crippen LogP contribution in [0.1, 0.15) is 19.9 Å². The summed E-state index contributed by atoms with van der Waals surface area (Å²) in [6.07, 6.45) is 0. The second-order valence-corrected chi connectivity index (χ2v) is 5.09. The van der Waals surface area contributed by atoms with E-state index in [9.17, 15) is 9.18 Å². The van der Waals surface area contributed by atoms with Gasteiger partial charge in [0.25, 0.3) is 0 Å². The summed E-state index contributed by atoms with van der Waals surface area (Å²) < 4.78 is 15.5. The van der Waals surface area contributed by atoms with E-state index in [2.05, 4.69) is 4.98 Å². The van der Waals surface area contributed by atoms with Gasteiger partial charge in [-0.3, -0.25) is 4.79 Å². The van der Waals surface area contributed by atoms with Crippen molar-refractivity contribution in [3.63, 3.8) is 0 Å². The zero-order valence-corrected chi connectivity index (χ0v) is 10.9. The lowest BCUT2D eigenvalue weighted by atomic mass is 10.3. The van der Waals surface area contributed by atoms with Crippen LogP contribution in [0, 0.1) is 5.82 Å². The molecule has 0 aliphatic heterocycles. The van der Waals surface area contributed by atoms with E-state index >= 15 is 0 Å². The van der Waals surface area contributed by atoms with Crippen LogP contribution in [0.2, 0.25) is 0 Å². The maximum absolute atomic E-state index is 13.6. The highest BCUT2D eigenvalue weighted by atomic mass is 32.2. The minimum Gasteiger partial charge on any atom is -0.481 e.